The molecule has 0 saturated heterocycles. The van der Waals surface area contributed by atoms with Gasteiger partial charge in [-0.3, -0.25) is 19.2 Å². The van der Waals surface area contributed by atoms with Gasteiger partial charge in [0.25, 0.3) is 0 Å². The Morgan fingerprint density at radius 2 is 1.88 bits per heavy atom. The van der Waals surface area contributed by atoms with Crippen molar-refractivity contribution < 1.29 is 33.8 Å². The summed E-state index contributed by atoms with van der Waals surface area (Å²) in [5.41, 5.74) is -1.25. The lowest BCUT2D eigenvalue weighted by molar-refractivity contribution is -0.201. The van der Waals surface area contributed by atoms with Gasteiger partial charge < -0.3 is 14.6 Å². The smallest absolute Gasteiger partial charge is 0.306 e. The topological polar surface area (TPSA) is 107 Å². The van der Waals surface area contributed by atoms with Crippen LogP contribution in [0.4, 0.5) is 0 Å². The van der Waals surface area contributed by atoms with Crippen LogP contribution in [0.5, 0.6) is 0 Å². The number of allylic oxidation sites excluding steroid dienone is 1. The number of aliphatic hydroxyl groups excluding tert-OH is 1. The van der Waals surface area contributed by atoms with Crippen LogP contribution in [-0.2, 0) is 28.7 Å². The van der Waals surface area contributed by atoms with Crippen molar-refractivity contribution in [1.29, 1.82) is 0 Å². The van der Waals surface area contributed by atoms with Crippen LogP contribution in [0.2, 0.25) is 0 Å². The number of rotatable bonds is 6. The second-order valence-electron chi connectivity index (χ2n) is 11.4. The van der Waals surface area contributed by atoms with E-state index in [1.807, 2.05) is 13.8 Å². The van der Waals surface area contributed by atoms with E-state index in [-0.39, 0.29) is 35.4 Å². The predicted molar refractivity (Wildman–Crippen MR) is 123 cm³/mol. The molecule has 4 aliphatic rings. The standard InChI is InChI=1S/C27H38O7/c1-5-6-23(32)33-15-22(31)27(34-16(2)28)12-10-20-19-8-7-17-13-18(29)9-11-25(17,3)24(19)21(30)14-26(20,27)4/h13,19-21,24,30H,5-12,14-15H2,1-4H3/t19-,20-,21-,24+,25-,26-,27+/m0/s1. The van der Waals surface area contributed by atoms with Gasteiger partial charge in [0.15, 0.2) is 18.0 Å². The van der Waals surface area contributed by atoms with Gasteiger partial charge in [0, 0.05) is 25.2 Å². The Balaban J connectivity index is 1.67. The highest BCUT2D eigenvalue weighted by atomic mass is 16.6. The molecule has 0 aromatic carbocycles. The number of ether oxygens (including phenoxy) is 2. The summed E-state index contributed by atoms with van der Waals surface area (Å²) in [5.74, 6) is -0.956. The Hall–Kier alpha value is -2.02. The first-order valence-corrected chi connectivity index (χ1v) is 12.8. The van der Waals surface area contributed by atoms with Crippen LogP contribution >= 0.6 is 0 Å². The maximum Gasteiger partial charge on any atom is 0.306 e. The van der Waals surface area contributed by atoms with Gasteiger partial charge in [-0.25, -0.2) is 0 Å². The first-order valence-electron chi connectivity index (χ1n) is 12.8. The lowest BCUT2D eigenvalue weighted by atomic mass is 9.45. The Bertz CT molecular complexity index is 922. The van der Waals surface area contributed by atoms with Crippen molar-refractivity contribution in [3.8, 4) is 0 Å². The molecule has 0 heterocycles. The second-order valence-corrected chi connectivity index (χ2v) is 11.4. The van der Waals surface area contributed by atoms with Gasteiger partial charge in [0.05, 0.1) is 6.10 Å². The first kappa shape index (κ1) is 25.1. The van der Waals surface area contributed by atoms with Crippen LogP contribution in [0.25, 0.3) is 0 Å². The van der Waals surface area contributed by atoms with Crippen molar-refractivity contribution in [2.24, 2.45) is 28.6 Å². The molecule has 4 rings (SSSR count). The lowest BCUT2D eigenvalue weighted by Crippen LogP contribution is -2.63. The van der Waals surface area contributed by atoms with Crippen LogP contribution in [0.15, 0.2) is 11.6 Å². The molecule has 1 N–H and O–H groups in total. The molecular formula is C27H38O7. The van der Waals surface area contributed by atoms with Crippen LogP contribution in [0.1, 0.15) is 85.5 Å². The number of hydrogen-bond acceptors (Lipinski definition) is 7. The molecular weight excluding hydrogens is 436 g/mol. The van der Waals surface area contributed by atoms with Crippen molar-refractivity contribution in [2.75, 3.05) is 6.61 Å². The van der Waals surface area contributed by atoms with Gasteiger partial charge in [-0.1, -0.05) is 26.3 Å². The summed E-state index contributed by atoms with van der Waals surface area (Å²) < 4.78 is 11.1. The summed E-state index contributed by atoms with van der Waals surface area (Å²) >= 11 is 0. The molecule has 0 aromatic rings. The van der Waals surface area contributed by atoms with Crippen molar-refractivity contribution >= 4 is 23.5 Å². The summed E-state index contributed by atoms with van der Waals surface area (Å²) in [5, 5.41) is 11.6. The molecule has 0 spiro atoms. The third kappa shape index (κ3) is 3.75. The van der Waals surface area contributed by atoms with E-state index >= 15 is 0 Å². The van der Waals surface area contributed by atoms with Crippen molar-refractivity contribution in [1.82, 2.24) is 0 Å². The normalized spacial score (nSPS) is 41.0. The van der Waals surface area contributed by atoms with Gasteiger partial charge in [-0.2, -0.15) is 0 Å². The highest BCUT2D eigenvalue weighted by Crippen LogP contribution is 2.68. The molecule has 7 heteroatoms. The minimum absolute atomic E-state index is 0.00397. The first-order chi connectivity index (χ1) is 16.0. The van der Waals surface area contributed by atoms with Crippen LogP contribution in [-0.4, -0.2) is 46.9 Å². The molecule has 4 aliphatic carbocycles. The number of carbonyl (C=O) groups excluding carboxylic acids is 4. The Morgan fingerprint density at radius 1 is 1.15 bits per heavy atom. The Morgan fingerprint density at radius 3 is 2.56 bits per heavy atom. The maximum atomic E-state index is 13.6. The minimum Gasteiger partial charge on any atom is -0.457 e. The zero-order valence-electron chi connectivity index (χ0n) is 20.9. The molecule has 0 aromatic heterocycles. The quantitative estimate of drug-likeness (QED) is 0.585. The summed E-state index contributed by atoms with van der Waals surface area (Å²) in [7, 11) is 0. The van der Waals surface area contributed by atoms with E-state index in [4.69, 9.17) is 9.47 Å². The molecule has 0 aliphatic heterocycles. The van der Waals surface area contributed by atoms with E-state index in [9.17, 15) is 24.3 Å². The summed E-state index contributed by atoms with van der Waals surface area (Å²) in [4.78, 5) is 49.8. The monoisotopic (exact) mass is 474 g/mol. The molecule has 3 fully saturated rings. The molecule has 7 atom stereocenters. The third-order valence-electron chi connectivity index (χ3n) is 9.60. The number of aliphatic hydroxyl groups is 1. The number of Topliss-reactive ketones (excluding diaryl/α,β-unsaturated/α-hetero) is 1. The van der Waals surface area contributed by atoms with Crippen molar-refractivity contribution in [2.45, 2.75) is 97.2 Å². The van der Waals surface area contributed by atoms with E-state index in [2.05, 4.69) is 6.92 Å². The van der Waals surface area contributed by atoms with Crippen LogP contribution in [0.3, 0.4) is 0 Å². The lowest BCUT2D eigenvalue weighted by Gasteiger charge is -2.60. The number of carbonyl (C=O) groups is 4. The van der Waals surface area contributed by atoms with E-state index in [0.717, 1.165) is 24.8 Å². The van der Waals surface area contributed by atoms with Crippen molar-refractivity contribution in [3.63, 3.8) is 0 Å². The van der Waals surface area contributed by atoms with E-state index < -0.39 is 41.4 Å². The van der Waals surface area contributed by atoms with Gasteiger partial charge >= 0.3 is 11.9 Å². The summed E-state index contributed by atoms with van der Waals surface area (Å²) in [6.07, 6.45) is 6.26. The Kier molecular flexibility index (Phi) is 6.56. The van der Waals surface area contributed by atoms with E-state index in [0.29, 0.717) is 32.1 Å². The SMILES string of the molecule is CCCC(=O)OCC(=O)[C@]1(OC(C)=O)CC[C@H]2[C@@H]3CCC4=CC(=O)CC[C@]4(C)[C@H]3[C@@H](O)C[C@@]21C. The van der Waals surface area contributed by atoms with E-state index in [1.165, 1.54) is 6.92 Å². The highest BCUT2D eigenvalue weighted by molar-refractivity contribution is 5.93. The van der Waals surface area contributed by atoms with Gasteiger partial charge in [0.2, 0.25) is 5.78 Å². The third-order valence-corrected chi connectivity index (χ3v) is 9.60. The fourth-order valence-corrected chi connectivity index (χ4v) is 8.14. The number of fused-ring (bicyclic) bond motifs is 5. The molecule has 34 heavy (non-hydrogen) atoms. The molecule has 0 amide bonds. The summed E-state index contributed by atoms with van der Waals surface area (Å²) in [6.45, 7) is 6.89. The fourth-order valence-electron chi connectivity index (χ4n) is 8.14. The summed E-state index contributed by atoms with van der Waals surface area (Å²) in [6, 6.07) is 0. The minimum atomic E-state index is -1.42. The Labute approximate surface area is 201 Å². The molecule has 0 radical (unpaired) electrons. The molecule has 188 valence electrons. The zero-order chi connectivity index (χ0) is 24.9. The van der Waals surface area contributed by atoms with Crippen molar-refractivity contribution in [3.05, 3.63) is 11.6 Å². The maximum absolute atomic E-state index is 13.6. The van der Waals surface area contributed by atoms with Gasteiger partial charge in [-0.15, -0.1) is 0 Å². The molecule has 7 nitrogen and oxygen atoms in total. The van der Waals surface area contributed by atoms with E-state index in [1.54, 1.807) is 6.08 Å². The highest BCUT2D eigenvalue weighted by Gasteiger charge is 2.70. The predicted octanol–water partition coefficient (Wildman–Crippen LogP) is 3.70. The number of esters is 2. The van der Waals surface area contributed by atoms with Crippen LogP contribution in [0, 0.1) is 28.6 Å². The van der Waals surface area contributed by atoms with Crippen LogP contribution < -0.4 is 0 Å². The van der Waals surface area contributed by atoms with Gasteiger partial charge in [-0.05, 0) is 74.2 Å². The number of ketones is 2. The molecule has 0 bridgehead atoms. The average Bonchev–Trinajstić information content (AvgIpc) is 3.04. The fraction of sp³-hybridized carbons (Fsp3) is 0.778. The average molecular weight is 475 g/mol. The number of hydrogen-bond donors (Lipinski definition) is 1. The zero-order valence-corrected chi connectivity index (χ0v) is 20.9. The van der Waals surface area contributed by atoms with Gasteiger partial charge in [0.1, 0.15) is 0 Å². The molecule has 0 unspecified atom stereocenters. The molecule has 3 saturated carbocycles. The second kappa shape index (κ2) is 8.89. The largest absolute Gasteiger partial charge is 0.457 e.